The van der Waals surface area contributed by atoms with E-state index in [-0.39, 0.29) is 0 Å². The van der Waals surface area contributed by atoms with Crippen molar-refractivity contribution in [2.45, 2.75) is 25.9 Å². The van der Waals surface area contributed by atoms with E-state index in [1.54, 1.807) is 6.20 Å². The number of hydrogen-bond acceptors (Lipinski definition) is 3. The summed E-state index contributed by atoms with van der Waals surface area (Å²) < 4.78 is 0.601. The van der Waals surface area contributed by atoms with E-state index in [1.165, 1.54) is 16.9 Å². The Kier molecular flexibility index (Phi) is 4.15. The molecule has 1 unspecified atom stereocenters. The second-order valence-corrected chi connectivity index (χ2v) is 5.59. The molecule has 1 aromatic heterocycles. The summed E-state index contributed by atoms with van der Waals surface area (Å²) in [6.45, 7) is 2.14. The molecule has 0 radical (unpaired) electrons. The van der Waals surface area contributed by atoms with Gasteiger partial charge >= 0.3 is 0 Å². The largest absolute Gasteiger partial charge is 0.381 e. The third-order valence-electron chi connectivity index (χ3n) is 2.53. The molecule has 4 heteroatoms. The standard InChI is InChI=1S/C13H14ClNOS/c1-2-4-9-5-3-6-10(7-9)12(16)13-15-8-11(14)17-13/h3,5-8,12,16H,2,4H2,1H3. The van der Waals surface area contributed by atoms with Gasteiger partial charge in [-0.1, -0.05) is 49.2 Å². The van der Waals surface area contributed by atoms with Crippen LogP contribution < -0.4 is 0 Å². The second-order valence-electron chi connectivity index (χ2n) is 3.90. The number of halogens is 1. The predicted octanol–water partition coefficient (Wildman–Crippen LogP) is 3.83. The molecule has 1 N–H and O–H groups in total. The minimum atomic E-state index is -0.677. The van der Waals surface area contributed by atoms with Crippen LogP contribution in [0.25, 0.3) is 0 Å². The summed E-state index contributed by atoms with van der Waals surface area (Å²) in [5, 5.41) is 10.8. The van der Waals surface area contributed by atoms with Gasteiger partial charge < -0.3 is 5.11 Å². The molecular weight excluding hydrogens is 254 g/mol. The van der Waals surface area contributed by atoms with Crippen LogP contribution in [0.15, 0.2) is 30.5 Å². The van der Waals surface area contributed by atoms with Gasteiger partial charge in [-0.05, 0) is 17.5 Å². The minimum Gasteiger partial charge on any atom is -0.381 e. The summed E-state index contributed by atoms with van der Waals surface area (Å²) in [5.74, 6) is 0. The number of aryl methyl sites for hydroxylation is 1. The Morgan fingerprint density at radius 2 is 2.29 bits per heavy atom. The molecule has 90 valence electrons. The van der Waals surface area contributed by atoms with Crippen LogP contribution >= 0.6 is 22.9 Å². The van der Waals surface area contributed by atoms with Gasteiger partial charge in [0, 0.05) is 0 Å². The van der Waals surface area contributed by atoms with Gasteiger partial charge in [-0.3, -0.25) is 0 Å². The fourth-order valence-corrected chi connectivity index (χ4v) is 2.69. The average Bonchev–Trinajstić information content (AvgIpc) is 2.76. The zero-order valence-corrected chi connectivity index (χ0v) is 11.1. The van der Waals surface area contributed by atoms with Crippen molar-refractivity contribution < 1.29 is 5.11 Å². The molecule has 0 aliphatic carbocycles. The molecule has 0 fully saturated rings. The molecule has 0 aliphatic heterocycles. The van der Waals surface area contributed by atoms with Crippen LogP contribution in [0, 0.1) is 0 Å². The molecule has 17 heavy (non-hydrogen) atoms. The average molecular weight is 268 g/mol. The maximum atomic E-state index is 10.2. The molecular formula is C13H14ClNOS. The topological polar surface area (TPSA) is 33.1 Å². The van der Waals surface area contributed by atoms with Gasteiger partial charge in [0.25, 0.3) is 0 Å². The molecule has 0 spiro atoms. The SMILES string of the molecule is CCCc1cccc(C(O)c2ncc(Cl)s2)c1. The molecule has 0 saturated carbocycles. The summed E-state index contributed by atoms with van der Waals surface area (Å²) in [4.78, 5) is 4.10. The number of aromatic nitrogens is 1. The molecule has 1 heterocycles. The molecule has 2 aromatic rings. The van der Waals surface area contributed by atoms with Crippen LogP contribution in [0.5, 0.6) is 0 Å². The highest BCUT2D eigenvalue weighted by Crippen LogP contribution is 2.28. The van der Waals surface area contributed by atoms with Gasteiger partial charge in [0.15, 0.2) is 0 Å². The Bertz CT molecular complexity index is 498. The number of hydrogen-bond donors (Lipinski definition) is 1. The van der Waals surface area contributed by atoms with Crippen LogP contribution in [0.1, 0.15) is 35.6 Å². The Hall–Kier alpha value is -0.900. The van der Waals surface area contributed by atoms with Crippen molar-refractivity contribution >= 4 is 22.9 Å². The number of benzene rings is 1. The van der Waals surface area contributed by atoms with Gasteiger partial charge in [0.05, 0.1) is 6.20 Å². The van der Waals surface area contributed by atoms with E-state index in [9.17, 15) is 5.11 Å². The normalized spacial score (nSPS) is 12.6. The number of aliphatic hydroxyl groups is 1. The quantitative estimate of drug-likeness (QED) is 0.913. The van der Waals surface area contributed by atoms with Crippen molar-refractivity contribution in [1.29, 1.82) is 0 Å². The lowest BCUT2D eigenvalue weighted by Gasteiger charge is -2.09. The fourth-order valence-electron chi connectivity index (χ4n) is 1.74. The van der Waals surface area contributed by atoms with Crippen molar-refractivity contribution in [3.05, 3.63) is 50.9 Å². The fraction of sp³-hybridized carbons (Fsp3) is 0.308. The molecule has 2 nitrogen and oxygen atoms in total. The van der Waals surface area contributed by atoms with Crippen molar-refractivity contribution in [2.24, 2.45) is 0 Å². The van der Waals surface area contributed by atoms with E-state index in [0.29, 0.717) is 9.34 Å². The monoisotopic (exact) mass is 267 g/mol. The zero-order chi connectivity index (χ0) is 12.3. The van der Waals surface area contributed by atoms with E-state index in [4.69, 9.17) is 11.6 Å². The van der Waals surface area contributed by atoms with Crippen molar-refractivity contribution in [3.63, 3.8) is 0 Å². The lowest BCUT2D eigenvalue weighted by Crippen LogP contribution is -1.99. The lowest BCUT2D eigenvalue weighted by atomic mass is 10.0. The van der Waals surface area contributed by atoms with Crippen molar-refractivity contribution in [1.82, 2.24) is 4.98 Å². The number of aliphatic hydroxyl groups excluding tert-OH is 1. The predicted molar refractivity (Wildman–Crippen MR) is 71.6 cm³/mol. The lowest BCUT2D eigenvalue weighted by molar-refractivity contribution is 0.219. The second kappa shape index (κ2) is 5.63. The van der Waals surface area contributed by atoms with E-state index in [2.05, 4.69) is 18.0 Å². The first kappa shape index (κ1) is 12.6. The van der Waals surface area contributed by atoms with E-state index in [1.807, 2.05) is 18.2 Å². The molecule has 1 aromatic carbocycles. The Morgan fingerprint density at radius 3 is 2.94 bits per heavy atom. The van der Waals surface area contributed by atoms with E-state index >= 15 is 0 Å². The van der Waals surface area contributed by atoms with Gasteiger partial charge in [-0.15, -0.1) is 11.3 Å². The molecule has 0 amide bonds. The first-order valence-electron chi connectivity index (χ1n) is 5.59. The summed E-state index contributed by atoms with van der Waals surface area (Å²) in [7, 11) is 0. The Labute approximate surface area is 110 Å². The molecule has 1 atom stereocenters. The van der Waals surface area contributed by atoms with Gasteiger partial charge in [0.2, 0.25) is 0 Å². The summed E-state index contributed by atoms with van der Waals surface area (Å²) in [6.07, 6.45) is 3.02. The van der Waals surface area contributed by atoms with E-state index < -0.39 is 6.10 Å². The van der Waals surface area contributed by atoms with Gasteiger partial charge in [-0.2, -0.15) is 0 Å². The highest BCUT2D eigenvalue weighted by molar-refractivity contribution is 7.15. The van der Waals surface area contributed by atoms with E-state index in [0.717, 1.165) is 18.4 Å². The number of thiazole rings is 1. The van der Waals surface area contributed by atoms with Crippen LogP contribution in [-0.2, 0) is 6.42 Å². The highest BCUT2D eigenvalue weighted by Gasteiger charge is 2.14. The van der Waals surface area contributed by atoms with Crippen molar-refractivity contribution in [2.75, 3.05) is 0 Å². The number of rotatable bonds is 4. The van der Waals surface area contributed by atoms with Crippen molar-refractivity contribution in [3.8, 4) is 0 Å². The summed E-state index contributed by atoms with van der Waals surface area (Å²) in [5.41, 5.74) is 2.12. The maximum Gasteiger partial charge on any atom is 0.131 e. The minimum absolute atomic E-state index is 0.601. The Morgan fingerprint density at radius 1 is 1.47 bits per heavy atom. The molecule has 0 aliphatic rings. The number of nitrogens with zero attached hydrogens (tertiary/aromatic N) is 1. The molecule has 0 saturated heterocycles. The summed E-state index contributed by atoms with van der Waals surface area (Å²) >= 11 is 7.13. The van der Waals surface area contributed by atoms with Gasteiger partial charge in [-0.25, -0.2) is 4.98 Å². The summed E-state index contributed by atoms with van der Waals surface area (Å²) in [6, 6.07) is 8.00. The van der Waals surface area contributed by atoms with Crippen LogP contribution in [0.4, 0.5) is 0 Å². The molecule has 2 rings (SSSR count). The van der Waals surface area contributed by atoms with Crippen LogP contribution in [0.2, 0.25) is 4.34 Å². The highest BCUT2D eigenvalue weighted by atomic mass is 35.5. The maximum absolute atomic E-state index is 10.2. The third-order valence-corrected chi connectivity index (χ3v) is 3.70. The first-order valence-corrected chi connectivity index (χ1v) is 6.78. The molecule has 0 bridgehead atoms. The van der Waals surface area contributed by atoms with Crippen LogP contribution in [-0.4, -0.2) is 10.1 Å². The third kappa shape index (κ3) is 3.06. The zero-order valence-electron chi connectivity index (χ0n) is 9.56. The first-order chi connectivity index (χ1) is 8.20. The van der Waals surface area contributed by atoms with Gasteiger partial charge in [0.1, 0.15) is 15.4 Å². The Balaban J connectivity index is 2.24. The van der Waals surface area contributed by atoms with Crippen LogP contribution in [0.3, 0.4) is 0 Å². The smallest absolute Gasteiger partial charge is 0.131 e.